The highest BCUT2D eigenvalue weighted by molar-refractivity contribution is 5.91. The van der Waals surface area contributed by atoms with Crippen LogP contribution in [0.4, 0.5) is 19.3 Å². The molecule has 0 spiro atoms. The van der Waals surface area contributed by atoms with E-state index in [9.17, 15) is 18.4 Å². The molecule has 2 heterocycles. The van der Waals surface area contributed by atoms with Crippen LogP contribution in [0.15, 0.2) is 30.4 Å². The van der Waals surface area contributed by atoms with Gasteiger partial charge in [0.25, 0.3) is 0 Å². The van der Waals surface area contributed by atoms with E-state index in [4.69, 9.17) is 0 Å². The standard InChI is InChI=1S/C20H23F2N5O2/c1-11(2)16(19(28)23-3)24-20(29)27-15-6-5-9-26(4)18(15)17(25-27)12-7-8-13(21)14(22)10-12/h7-8,10,16H,1,5-6,9H2,2-4H3,(H,23,28)(H,24,29)/t16-/m0/s1. The van der Waals surface area contributed by atoms with Gasteiger partial charge in [-0.1, -0.05) is 6.58 Å². The van der Waals surface area contributed by atoms with E-state index >= 15 is 0 Å². The van der Waals surface area contributed by atoms with Crippen molar-refractivity contribution in [3.05, 3.63) is 47.7 Å². The summed E-state index contributed by atoms with van der Waals surface area (Å²) in [7, 11) is 3.32. The summed E-state index contributed by atoms with van der Waals surface area (Å²) in [5, 5.41) is 9.51. The molecule has 1 aromatic heterocycles. The maximum Gasteiger partial charge on any atom is 0.343 e. The summed E-state index contributed by atoms with van der Waals surface area (Å²) in [5.74, 6) is -2.34. The van der Waals surface area contributed by atoms with Crippen molar-refractivity contribution in [3.8, 4) is 11.3 Å². The first-order valence-electron chi connectivity index (χ1n) is 9.21. The number of carbonyl (C=O) groups excluding carboxylic acids is 2. The Morgan fingerprint density at radius 3 is 2.62 bits per heavy atom. The Labute approximate surface area is 167 Å². The predicted molar refractivity (Wildman–Crippen MR) is 106 cm³/mol. The minimum absolute atomic E-state index is 0.364. The predicted octanol–water partition coefficient (Wildman–Crippen LogP) is 2.46. The second kappa shape index (κ2) is 8.02. The molecule has 2 aromatic rings. The Bertz CT molecular complexity index is 985. The number of halogens is 2. The monoisotopic (exact) mass is 403 g/mol. The molecule has 1 aliphatic heterocycles. The third-order valence-corrected chi connectivity index (χ3v) is 4.90. The normalized spacial score (nSPS) is 14.2. The van der Waals surface area contributed by atoms with Gasteiger partial charge in [0.2, 0.25) is 5.91 Å². The van der Waals surface area contributed by atoms with E-state index in [0.29, 0.717) is 34.6 Å². The summed E-state index contributed by atoms with van der Waals surface area (Å²) in [6, 6.07) is 2.00. The molecule has 7 nitrogen and oxygen atoms in total. The van der Waals surface area contributed by atoms with Crippen molar-refractivity contribution in [2.24, 2.45) is 0 Å². The van der Waals surface area contributed by atoms with Crippen molar-refractivity contribution in [1.82, 2.24) is 20.4 Å². The van der Waals surface area contributed by atoms with Gasteiger partial charge in [0, 0.05) is 26.2 Å². The molecule has 0 bridgehead atoms. The average Bonchev–Trinajstić information content (AvgIpc) is 3.08. The molecule has 0 fully saturated rings. The number of anilines is 1. The quantitative estimate of drug-likeness (QED) is 0.769. The topological polar surface area (TPSA) is 79.3 Å². The molecule has 29 heavy (non-hydrogen) atoms. The Balaban J connectivity index is 2.06. The molecule has 0 radical (unpaired) electrons. The van der Waals surface area contributed by atoms with Gasteiger partial charge in [-0.05, 0) is 43.5 Å². The van der Waals surface area contributed by atoms with Crippen LogP contribution in [0.3, 0.4) is 0 Å². The average molecular weight is 403 g/mol. The summed E-state index contributed by atoms with van der Waals surface area (Å²) in [5.41, 5.74) is 2.54. The van der Waals surface area contributed by atoms with E-state index in [2.05, 4.69) is 22.3 Å². The SMILES string of the molecule is C=C(C)[C@H](NC(=O)n1nc(-c2ccc(F)c(F)c2)c2c1CCCN2C)C(=O)NC. The number of fused-ring (bicyclic) bond motifs is 1. The number of benzene rings is 1. The highest BCUT2D eigenvalue weighted by Crippen LogP contribution is 2.36. The van der Waals surface area contributed by atoms with Gasteiger partial charge in [-0.3, -0.25) is 4.79 Å². The zero-order valence-electron chi connectivity index (χ0n) is 16.6. The smallest absolute Gasteiger partial charge is 0.343 e. The molecule has 0 aliphatic carbocycles. The van der Waals surface area contributed by atoms with Crippen molar-refractivity contribution < 1.29 is 18.4 Å². The van der Waals surface area contributed by atoms with E-state index < -0.39 is 29.6 Å². The van der Waals surface area contributed by atoms with E-state index in [-0.39, 0.29) is 0 Å². The van der Waals surface area contributed by atoms with Crippen LogP contribution in [-0.4, -0.2) is 48.4 Å². The number of likely N-dealkylation sites (N-methyl/N-ethyl adjacent to an activating group) is 1. The number of hydrogen-bond donors (Lipinski definition) is 2. The van der Waals surface area contributed by atoms with E-state index in [1.54, 1.807) is 6.92 Å². The molecular weight excluding hydrogens is 380 g/mol. The van der Waals surface area contributed by atoms with Gasteiger partial charge in [-0.2, -0.15) is 9.78 Å². The van der Waals surface area contributed by atoms with Gasteiger partial charge in [-0.15, -0.1) is 0 Å². The number of rotatable bonds is 4. The van der Waals surface area contributed by atoms with Gasteiger partial charge in [0.15, 0.2) is 11.6 Å². The summed E-state index contributed by atoms with van der Waals surface area (Å²) >= 11 is 0. The van der Waals surface area contributed by atoms with Crippen LogP contribution in [0.2, 0.25) is 0 Å². The van der Waals surface area contributed by atoms with Crippen LogP contribution >= 0.6 is 0 Å². The summed E-state index contributed by atoms with van der Waals surface area (Å²) in [6.07, 6.45) is 1.39. The summed E-state index contributed by atoms with van der Waals surface area (Å²) in [6.45, 7) is 6.13. The molecule has 0 saturated heterocycles. The first-order valence-corrected chi connectivity index (χ1v) is 9.21. The second-order valence-electron chi connectivity index (χ2n) is 7.05. The van der Waals surface area contributed by atoms with Gasteiger partial charge in [0.05, 0.1) is 11.4 Å². The number of amides is 2. The third kappa shape index (κ3) is 3.85. The zero-order valence-corrected chi connectivity index (χ0v) is 16.6. The largest absolute Gasteiger partial charge is 0.371 e. The summed E-state index contributed by atoms with van der Waals surface area (Å²) in [4.78, 5) is 26.9. The first-order chi connectivity index (χ1) is 13.7. The Morgan fingerprint density at radius 2 is 2.00 bits per heavy atom. The molecule has 2 amide bonds. The number of carbonyl (C=O) groups is 2. The van der Waals surface area contributed by atoms with Crippen LogP contribution < -0.4 is 15.5 Å². The molecule has 1 atom stereocenters. The molecule has 9 heteroatoms. The van der Waals surface area contributed by atoms with Crippen molar-refractivity contribution in [2.75, 3.05) is 25.5 Å². The van der Waals surface area contributed by atoms with Crippen molar-refractivity contribution in [1.29, 1.82) is 0 Å². The Kier molecular flexibility index (Phi) is 5.67. The fraction of sp³-hybridized carbons (Fsp3) is 0.350. The van der Waals surface area contributed by atoms with E-state index in [1.165, 1.54) is 17.8 Å². The molecular formula is C20H23F2N5O2. The maximum atomic E-state index is 13.8. The van der Waals surface area contributed by atoms with E-state index in [0.717, 1.165) is 25.1 Å². The first kappa shape index (κ1) is 20.5. The highest BCUT2D eigenvalue weighted by Gasteiger charge is 2.30. The van der Waals surface area contributed by atoms with E-state index in [1.807, 2.05) is 11.9 Å². The fourth-order valence-electron chi connectivity index (χ4n) is 3.41. The molecule has 2 N–H and O–H groups in total. The lowest BCUT2D eigenvalue weighted by Gasteiger charge is -2.26. The third-order valence-electron chi connectivity index (χ3n) is 4.90. The molecule has 0 unspecified atom stereocenters. The van der Waals surface area contributed by atoms with Crippen LogP contribution in [0, 0.1) is 11.6 Å². The van der Waals surface area contributed by atoms with Crippen LogP contribution in [0.25, 0.3) is 11.3 Å². The van der Waals surface area contributed by atoms with Gasteiger partial charge >= 0.3 is 6.03 Å². The van der Waals surface area contributed by atoms with Crippen LogP contribution in [0.5, 0.6) is 0 Å². The molecule has 154 valence electrons. The maximum absolute atomic E-state index is 13.8. The second-order valence-corrected chi connectivity index (χ2v) is 7.05. The van der Waals surface area contributed by atoms with Gasteiger partial charge in [-0.25, -0.2) is 13.6 Å². The van der Waals surface area contributed by atoms with Crippen molar-refractivity contribution in [3.63, 3.8) is 0 Å². The Morgan fingerprint density at radius 1 is 1.28 bits per heavy atom. The molecule has 1 aliphatic rings. The zero-order chi connectivity index (χ0) is 21.3. The van der Waals surface area contributed by atoms with Crippen LogP contribution in [-0.2, 0) is 11.2 Å². The number of hydrogen-bond acceptors (Lipinski definition) is 4. The van der Waals surface area contributed by atoms with Crippen molar-refractivity contribution in [2.45, 2.75) is 25.8 Å². The minimum Gasteiger partial charge on any atom is -0.371 e. The molecule has 3 rings (SSSR count). The lowest BCUT2D eigenvalue weighted by atomic mass is 10.0. The lowest BCUT2D eigenvalue weighted by Crippen LogP contribution is -2.48. The van der Waals surface area contributed by atoms with Gasteiger partial charge < -0.3 is 15.5 Å². The highest BCUT2D eigenvalue weighted by atomic mass is 19.2. The van der Waals surface area contributed by atoms with Crippen LogP contribution in [0.1, 0.15) is 19.0 Å². The fourth-order valence-corrected chi connectivity index (χ4v) is 3.41. The number of aromatic nitrogens is 2. The molecule has 1 aromatic carbocycles. The van der Waals surface area contributed by atoms with Gasteiger partial charge in [0.1, 0.15) is 11.7 Å². The number of nitrogens with zero attached hydrogens (tertiary/aromatic N) is 3. The Hall–Kier alpha value is -3.23. The molecule has 0 saturated carbocycles. The number of nitrogens with one attached hydrogen (secondary N) is 2. The summed E-state index contributed by atoms with van der Waals surface area (Å²) < 4.78 is 28.4. The minimum atomic E-state index is -0.990. The van der Waals surface area contributed by atoms with Crippen molar-refractivity contribution >= 4 is 17.6 Å². The lowest BCUT2D eigenvalue weighted by molar-refractivity contribution is -0.121.